The van der Waals surface area contributed by atoms with Crippen molar-refractivity contribution in [1.29, 1.82) is 5.26 Å². The molecule has 0 saturated carbocycles. The number of fused-ring (bicyclic) bond motifs is 2. The van der Waals surface area contributed by atoms with Crippen molar-refractivity contribution < 1.29 is 14.5 Å². The lowest BCUT2D eigenvalue weighted by molar-refractivity contribution is -0.440. The van der Waals surface area contributed by atoms with Crippen LogP contribution in [0.1, 0.15) is 29.8 Å². The molecule has 9 nitrogen and oxygen atoms in total. The van der Waals surface area contributed by atoms with Gasteiger partial charge in [-0.3, -0.25) is 14.9 Å². The molecule has 28 heavy (non-hydrogen) atoms. The Kier molecular flexibility index (Phi) is 3.00. The predicted octanol–water partition coefficient (Wildman–Crippen LogP) is 0.868. The second kappa shape index (κ2) is 4.90. The van der Waals surface area contributed by atoms with E-state index in [1.807, 2.05) is 13.8 Å². The van der Waals surface area contributed by atoms with Crippen molar-refractivity contribution in [2.75, 3.05) is 13.1 Å². The molecular formula is C19H19N5O4. The summed E-state index contributed by atoms with van der Waals surface area (Å²) in [5.74, 6) is -1.41. The topological polar surface area (TPSA) is 135 Å². The van der Waals surface area contributed by atoms with Crippen molar-refractivity contribution in [3.8, 4) is 6.07 Å². The number of Topliss-reactive ketones (excluding diaryl/α,β-unsaturated/α-hetero) is 1. The molecule has 0 aromatic heterocycles. The Hall–Kier alpha value is -2.96. The molecule has 9 heteroatoms. The average Bonchev–Trinajstić information content (AvgIpc) is 3.12. The minimum atomic E-state index is -1.81. The first-order valence-corrected chi connectivity index (χ1v) is 9.10. The van der Waals surface area contributed by atoms with Crippen LogP contribution in [0.5, 0.6) is 0 Å². The van der Waals surface area contributed by atoms with Crippen LogP contribution < -0.4 is 11.1 Å². The van der Waals surface area contributed by atoms with Crippen LogP contribution in [0.2, 0.25) is 0 Å². The molecule has 0 radical (unpaired) electrons. The normalized spacial score (nSPS) is 36.9. The first-order valence-electron chi connectivity index (χ1n) is 9.10. The van der Waals surface area contributed by atoms with Gasteiger partial charge in [0, 0.05) is 24.2 Å². The molecule has 3 aliphatic heterocycles. The van der Waals surface area contributed by atoms with E-state index in [1.165, 1.54) is 0 Å². The lowest BCUT2D eigenvalue weighted by Crippen LogP contribution is -2.58. The number of nitrogens with two attached hydrogens (primary N) is 1. The molecule has 3 heterocycles. The van der Waals surface area contributed by atoms with Gasteiger partial charge in [-0.15, -0.1) is 0 Å². The van der Waals surface area contributed by atoms with Crippen LogP contribution in [0.3, 0.4) is 0 Å². The van der Waals surface area contributed by atoms with Gasteiger partial charge < -0.3 is 20.7 Å². The number of hydrogen-bond donors (Lipinski definition) is 2. The van der Waals surface area contributed by atoms with E-state index in [0.717, 1.165) is 0 Å². The molecule has 2 fully saturated rings. The highest BCUT2D eigenvalue weighted by molar-refractivity contribution is 6.09. The number of nitriles is 1. The second-order valence-corrected chi connectivity index (χ2v) is 8.57. The molecule has 2 unspecified atom stereocenters. The Labute approximate surface area is 160 Å². The van der Waals surface area contributed by atoms with Crippen molar-refractivity contribution in [3.63, 3.8) is 0 Å². The summed E-state index contributed by atoms with van der Waals surface area (Å²) in [5, 5.41) is 25.3. The third kappa shape index (κ3) is 1.55. The summed E-state index contributed by atoms with van der Waals surface area (Å²) in [7, 11) is 0. The Bertz CT molecular complexity index is 1030. The van der Waals surface area contributed by atoms with Crippen LogP contribution >= 0.6 is 0 Å². The summed E-state index contributed by atoms with van der Waals surface area (Å²) in [6.45, 7) is 4.97. The van der Waals surface area contributed by atoms with Crippen molar-refractivity contribution in [2.24, 2.45) is 22.5 Å². The predicted molar refractivity (Wildman–Crippen MR) is 95.6 cm³/mol. The number of ether oxygens (including phenoxy) is 1. The van der Waals surface area contributed by atoms with Gasteiger partial charge in [0.1, 0.15) is 12.1 Å². The lowest BCUT2D eigenvalue weighted by atomic mass is 9.68. The molecule has 4 aliphatic rings. The largest absolute Gasteiger partial charge is 0.366 e. The highest BCUT2D eigenvalue weighted by Crippen LogP contribution is 2.71. The minimum absolute atomic E-state index is 0.241. The van der Waals surface area contributed by atoms with Crippen LogP contribution in [0.25, 0.3) is 0 Å². The van der Waals surface area contributed by atoms with Gasteiger partial charge in [-0.2, -0.15) is 5.26 Å². The quantitative estimate of drug-likeness (QED) is 0.540. The fourth-order valence-electron chi connectivity index (χ4n) is 5.46. The molecule has 5 rings (SSSR count). The van der Waals surface area contributed by atoms with Crippen molar-refractivity contribution >= 4 is 5.78 Å². The number of benzene rings is 1. The number of nitro groups is 1. The zero-order valence-electron chi connectivity index (χ0n) is 15.4. The fraction of sp³-hybridized carbons (Fsp3) is 0.474. The molecule has 1 aromatic rings. The maximum atomic E-state index is 13.7. The molecule has 0 amide bonds. The zero-order valence-corrected chi connectivity index (χ0v) is 15.4. The van der Waals surface area contributed by atoms with Gasteiger partial charge in [0.05, 0.1) is 11.0 Å². The molecule has 3 N–H and O–H groups in total. The Morgan fingerprint density at radius 3 is 2.82 bits per heavy atom. The van der Waals surface area contributed by atoms with Crippen LogP contribution in [0.15, 0.2) is 35.8 Å². The fourth-order valence-corrected chi connectivity index (χ4v) is 5.46. The van der Waals surface area contributed by atoms with Gasteiger partial charge in [0.15, 0.2) is 22.7 Å². The number of ketones is 1. The summed E-state index contributed by atoms with van der Waals surface area (Å²) in [6, 6.07) is 8.90. The van der Waals surface area contributed by atoms with E-state index in [9.17, 15) is 20.2 Å². The third-order valence-corrected chi connectivity index (χ3v) is 6.42. The van der Waals surface area contributed by atoms with E-state index < -0.39 is 34.0 Å². The number of nitrogens with zero attached hydrogens (tertiary/aromatic N) is 3. The zero-order chi connectivity index (χ0) is 20.1. The number of hydrogen-bond acceptors (Lipinski definition) is 8. The first-order chi connectivity index (χ1) is 13.2. The summed E-state index contributed by atoms with van der Waals surface area (Å²) in [5.41, 5.74) is 3.15. The van der Waals surface area contributed by atoms with E-state index in [0.29, 0.717) is 24.2 Å². The van der Waals surface area contributed by atoms with Gasteiger partial charge in [-0.25, -0.2) is 0 Å². The summed E-state index contributed by atoms with van der Waals surface area (Å²) in [4.78, 5) is 27.2. The van der Waals surface area contributed by atoms with Crippen LogP contribution in [0, 0.1) is 38.2 Å². The molecule has 2 saturated heterocycles. The average molecular weight is 381 g/mol. The molecular weight excluding hydrogens is 362 g/mol. The first kappa shape index (κ1) is 17.2. The minimum Gasteiger partial charge on any atom is -0.366 e. The maximum absolute atomic E-state index is 13.7. The lowest BCUT2D eigenvalue weighted by Gasteiger charge is -2.47. The molecule has 1 aromatic carbocycles. The SMILES string of the molecule is CC1(C)CNC2=C([N+](=O)[O-])[C@]34C(=O)c5ccccc5[C@]3(OC(N)C4C#N)N2C1. The Morgan fingerprint density at radius 1 is 1.43 bits per heavy atom. The van der Waals surface area contributed by atoms with E-state index in [1.54, 1.807) is 29.2 Å². The van der Waals surface area contributed by atoms with Crippen molar-refractivity contribution in [1.82, 2.24) is 10.2 Å². The standard InChI is InChI=1S/C19H19N5O4/c1-17(2)8-22-16-13(24(26)27)18-12(7-20)15(21)28-19(18,23(16)9-17)11-6-4-3-5-10(11)14(18)25/h3-6,12,15,22H,8-9,21H2,1-2H3/t12?,15?,18-,19-/m1/s1. The smallest absolute Gasteiger partial charge is 0.306 e. The maximum Gasteiger partial charge on any atom is 0.306 e. The highest BCUT2D eigenvalue weighted by atomic mass is 16.6. The van der Waals surface area contributed by atoms with Crippen molar-refractivity contribution in [2.45, 2.75) is 25.8 Å². The number of rotatable bonds is 1. The molecule has 0 bridgehead atoms. The summed E-state index contributed by atoms with van der Waals surface area (Å²) >= 11 is 0. The van der Waals surface area contributed by atoms with Gasteiger partial charge in [-0.05, 0) is 5.41 Å². The van der Waals surface area contributed by atoms with Crippen LogP contribution in [-0.2, 0) is 10.5 Å². The Balaban J connectivity index is 1.92. The molecule has 1 aliphatic carbocycles. The highest BCUT2D eigenvalue weighted by Gasteiger charge is 2.86. The van der Waals surface area contributed by atoms with Gasteiger partial charge in [0.2, 0.25) is 0 Å². The number of carbonyl (C=O) groups is 1. The third-order valence-electron chi connectivity index (χ3n) is 6.42. The second-order valence-electron chi connectivity index (χ2n) is 8.57. The number of nitrogens with one attached hydrogen (secondary N) is 1. The van der Waals surface area contributed by atoms with E-state index >= 15 is 0 Å². The molecule has 0 spiro atoms. The monoisotopic (exact) mass is 381 g/mol. The van der Waals surface area contributed by atoms with Gasteiger partial charge in [0.25, 0.3) is 0 Å². The van der Waals surface area contributed by atoms with E-state index in [2.05, 4.69) is 11.4 Å². The van der Waals surface area contributed by atoms with E-state index in [4.69, 9.17) is 10.5 Å². The van der Waals surface area contributed by atoms with Crippen LogP contribution in [0.4, 0.5) is 0 Å². The van der Waals surface area contributed by atoms with E-state index in [-0.39, 0.29) is 16.9 Å². The number of carbonyl (C=O) groups excluding carboxylic acids is 1. The summed E-state index contributed by atoms with van der Waals surface area (Å²) < 4.78 is 6.21. The van der Waals surface area contributed by atoms with Crippen LogP contribution in [-0.4, -0.2) is 34.9 Å². The van der Waals surface area contributed by atoms with Crippen molar-refractivity contribution in [3.05, 3.63) is 57.0 Å². The Morgan fingerprint density at radius 2 is 2.14 bits per heavy atom. The molecule has 4 atom stereocenters. The summed E-state index contributed by atoms with van der Waals surface area (Å²) in [6.07, 6.45) is -1.12. The van der Waals surface area contributed by atoms with Gasteiger partial charge >= 0.3 is 5.70 Å². The molecule has 144 valence electrons. The van der Waals surface area contributed by atoms with Gasteiger partial charge in [-0.1, -0.05) is 38.1 Å².